The summed E-state index contributed by atoms with van der Waals surface area (Å²) in [6.45, 7) is 2.48. The van der Waals surface area contributed by atoms with Crippen LogP contribution in [0.4, 0.5) is 5.69 Å². The van der Waals surface area contributed by atoms with Crippen LogP contribution in [-0.4, -0.2) is 31.3 Å². The van der Waals surface area contributed by atoms with Gasteiger partial charge in [-0.1, -0.05) is 12.2 Å². The van der Waals surface area contributed by atoms with Crippen molar-refractivity contribution in [2.45, 2.75) is 12.8 Å². The summed E-state index contributed by atoms with van der Waals surface area (Å²) in [4.78, 5) is 5.07. The second-order valence-electron chi connectivity index (χ2n) is 4.81. The molecule has 1 unspecified atom stereocenters. The van der Waals surface area contributed by atoms with Gasteiger partial charge in [0.25, 0.3) is 0 Å². The molecule has 1 aliphatic rings. The van der Waals surface area contributed by atoms with Gasteiger partial charge in [0.2, 0.25) is 0 Å². The molecule has 104 valence electrons. The maximum absolute atomic E-state index is 9.25. The van der Waals surface area contributed by atoms with Gasteiger partial charge in [-0.25, -0.2) is 0 Å². The predicted molar refractivity (Wildman–Crippen MR) is 77.7 cm³/mol. The molecule has 6 heteroatoms. The largest absolute Gasteiger partial charge is 0.370 e. The molecule has 1 atom stereocenters. The van der Waals surface area contributed by atoms with Crippen LogP contribution in [0.5, 0.6) is 0 Å². The number of nitrogens with zero attached hydrogens (tertiary/aromatic N) is 3. The van der Waals surface area contributed by atoms with Crippen molar-refractivity contribution in [3.8, 4) is 12.1 Å². The summed E-state index contributed by atoms with van der Waals surface area (Å²) >= 11 is 5.16. The Kier molecular flexibility index (Phi) is 5.11. The normalized spacial score (nSPS) is 18.3. The molecule has 0 amide bonds. The number of hydrogen-bond acceptors (Lipinski definition) is 5. The van der Waals surface area contributed by atoms with Gasteiger partial charge < -0.3 is 14.6 Å². The number of H-pyrrole nitrogens is 1. The van der Waals surface area contributed by atoms with Crippen LogP contribution in [0.3, 0.4) is 0 Å². The highest BCUT2D eigenvalue weighted by atomic mass is 32.1. The topological polar surface area (TPSA) is 75.8 Å². The average Bonchev–Trinajstić information content (AvgIpc) is 2.47. The van der Waals surface area contributed by atoms with Crippen LogP contribution in [0.15, 0.2) is 12.3 Å². The van der Waals surface area contributed by atoms with E-state index in [1.807, 2.05) is 12.1 Å². The van der Waals surface area contributed by atoms with Gasteiger partial charge in [0.15, 0.2) is 0 Å². The highest BCUT2D eigenvalue weighted by molar-refractivity contribution is 7.71. The first-order valence-corrected chi connectivity index (χ1v) is 6.98. The smallest absolute Gasteiger partial charge is 0.133 e. The first kappa shape index (κ1) is 14.5. The number of piperidine rings is 1. The Morgan fingerprint density at radius 3 is 3.10 bits per heavy atom. The maximum atomic E-state index is 9.25. The fourth-order valence-corrected chi connectivity index (χ4v) is 2.75. The Bertz CT molecular complexity index is 598. The van der Waals surface area contributed by atoms with Gasteiger partial charge in [0.1, 0.15) is 22.9 Å². The van der Waals surface area contributed by atoms with E-state index in [-0.39, 0.29) is 6.61 Å². The van der Waals surface area contributed by atoms with E-state index in [1.165, 1.54) is 0 Å². The number of hydrogen-bond donors (Lipinski definition) is 1. The van der Waals surface area contributed by atoms with Gasteiger partial charge in [-0.05, 0) is 24.8 Å². The molecule has 1 saturated heterocycles. The van der Waals surface area contributed by atoms with E-state index in [9.17, 15) is 5.26 Å². The molecule has 0 spiro atoms. The van der Waals surface area contributed by atoms with E-state index < -0.39 is 0 Å². The summed E-state index contributed by atoms with van der Waals surface area (Å²) in [6.07, 6.45) is 3.91. The van der Waals surface area contributed by atoms with E-state index in [0.29, 0.717) is 22.7 Å². The number of ether oxygens (including phenoxy) is 1. The maximum Gasteiger partial charge on any atom is 0.133 e. The minimum absolute atomic E-state index is 0.135. The standard InChI is InChI=1S/C14H16N4OS/c15-4-7-19-10-11-2-1-6-18(9-11)13-3-5-17-14(20)12(13)8-16/h3,5,11H,1-2,6-7,9-10H2,(H,17,20). The summed E-state index contributed by atoms with van der Waals surface area (Å²) in [7, 11) is 0. The summed E-state index contributed by atoms with van der Waals surface area (Å²) < 4.78 is 5.79. The molecule has 1 aliphatic heterocycles. The van der Waals surface area contributed by atoms with Crippen LogP contribution in [-0.2, 0) is 4.74 Å². The van der Waals surface area contributed by atoms with Crippen LogP contribution < -0.4 is 4.90 Å². The monoisotopic (exact) mass is 288 g/mol. The van der Waals surface area contributed by atoms with Gasteiger partial charge in [0.05, 0.1) is 18.4 Å². The van der Waals surface area contributed by atoms with E-state index in [2.05, 4.69) is 16.0 Å². The van der Waals surface area contributed by atoms with Gasteiger partial charge in [-0.15, -0.1) is 0 Å². The predicted octanol–water partition coefficient (Wildman–Crippen LogP) is 2.37. The lowest BCUT2D eigenvalue weighted by molar-refractivity contribution is 0.118. The van der Waals surface area contributed by atoms with Crippen molar-refractivity contribution in [2.75, 3.05) is 31.2 Å². The molecule has 0 saturated carbocycles. The fraction of sp³-hybridized carbons (Fsp3) is 0.500. The molecule has 0 aromatic carbocycles. The Morgan fingerprint density at radius 1 is 1.50 bits per heavy atom. The number of aromatic nitrogens is 1. The zero-order valence-electron chi connectivity index (χ0n) is 11.1. The number of nitriles is 2. The lowest BCUT2D eigenvalue weighted by atomic mass is 9.98. The van der Waals surface area contributed by atoms with Crippen LogP contribution in [0.1, 0.15) is 18.4 Å². The molecule has 20 heavy (non-hydrogen) atoms. The Balaban J connectivity index is 2.10. The van der Waals surface area contributed by atoms with Crippen molar-refractivity contribution in [3.05, 3.63) is 22.5 Å². The zero-order valence-corrected chi connectivity index (χ0v) is 11.9. The Morgan fingerprint density at radius 2 is 2.35 bits per heavy atom. The SMILES string of the molecule is N#CCOCC1CCCN(c2cc[nH]c(=S)c2C#N)C1. The van der Waals surface area contributed by atoms with E-state index in [0.717, 1.165) is 31.6 Å². The van der Waals surface area contributed by atoms with E-state index in [4.69, 9.17) is 22.2 Å². The number of aromatic amines is 1. The second kappa shape index (κ2) is 7.04. The molecule has 0 bridgehead atoms. The van der Waals surface area contributed by atoms with Crippen molar-refractivity contribution in [3.63, 3.8) is 0 Å². The molecule has 1 fully saturated rings. The average molecular weight is 288 g/mol. The molecule has 2 rings (SSSR count). The highest BCUT2D eigenvalue weighted by Gasteiger charge is 2.22. The van der Waals surface area contributed by atoms with Crippen LogP contribution >= 0.6 is 12.2 Å². The van der Waals surface area contributed by atoms with Crippen molar-refractivity contribution in [1.82, 2.24) is 4.98 Å². The van der Waals surface area contributed by atoms with Crippen LogP contribution in [0.25, 0.3) is 0 Å². The van der Waals surface area contributed by atoms with Crippen LogP contribution in [0, 0.1) is 33.2 Å². The first-order chi connectivity index (χ1) is 9.76. The molecular weight excluding hydrogens is 272 g/mol. The summed E-state index contributed by atoms with van der Waals surface area (Å²) in [6, 6.07) is 6.05. The summed E-state index contributed by atoms with van der Waals surface area (Å²) in [5.41, 5.74) is 1.42. The number of anilines is 1. The molecule has 2 heterocycles. The minimum atomic E-state index is 0.135. The van der Waals surface area contributed by atoms with E-state index in [1.54, 1.807) is 6.20 Å². The van der Waals surface area contributed by atoms with Crippen LogP contribution in [0.2, 0.25) is 0 Å². The molecule has 5 nitrogen and oxygen atoms in total. The van der Waals surface area contributed by atoms with Gasteiger partial charge in [-0.3, -0.25) is 0 Å². The molecule has 1 N–H and O–H groups in total. The first-order valence-electron chi connectivity index (χ1n) is 6.57. The van der Waals surface area contributed by atoms with Crippen molar-refractivity contribution in [2.24, 2.45) is 5.92 Å². The molecule has 1 aromatic rings. The lowest BCUT2D eigenvalue weighted by Gasteiger charge is -2.34. The molecule has 1 aromatic heterocycles. The number of nitrogens with one attached hydrogen (secondary N) is 1. The van der Waals surface area contributed by atoms with Crippen molar-refractivity contribution < 1.29 is 4.74 Å². The summed E-state index contributed by atoms with van der Waals surface area (Å²) in [5.74, 6) is 0.390. The second-order valence-corrected chi connectivity index (χ2v) is 5.21. The van der Waals surface area contributed by atoms with Gasteiger partial charge >= 0.3 is 0 Å². The molecular formula is C14H16N4OS. The Labute approximate surface area is 123 Å². The Hall–Kier alpha value is -1.89. The highest BCUT2D eigenvalue weighted by Crippen LogP contribution is 2.26. The minimum Gasteiger partial charge on any atom is -0.370 e. The number of rotatable bonds is 4. The molecule has 0 radical (unpaired) electrons. The van der Waals surface area contributed by atoms with E-state index >= 15 is 0 Å². The fourth-order valence-electron chi connectivity index (χ4n) is 2.53. The number of pyridine rings is 1. The third-order valence-electron chi connectivity index (χ3n) is 3.43. The third kappa shape index (κ3) is 3.36. The summed E-state index contributed by atoms with van der Waals surface area (Å²) in [5, 5.41) is 17.7. The quantitative estimate of drug-likeness (QED) is 0.680. The van der Waals surface area contributed by atoms with Crippen molar-refractivity contribution in [1.29, 1.82) is 10.5 Å². The van der Waals surface area contributed by atoms with Crippen molar-refractivity contribution >= 4 is 17.9 Å². The van der Waals surface area contributed by atoms with Gasteiger partial charge in [-0.2, -0.15) is 10.5 Å². The zero-order chi connectivity index (χ0) is 14.4. The van der Waals surface area contributed by atoms with Gasteiger partial charge in [0, 0.05) is 19.3 Å². The molecule has 0 aliphatic carbocycles. The lowest BCUT2D eigenvalue weighted by Crippen LogP contribution is -2.37. The third-order valence-corrected chi connectivity index (χ3v) is 3.75.